The molecule has 0 radical (unpaired) electrons. The summed E-state index contributed by atoms with van der Waals surface area (Å²) in [7, 11) is 0. The molecular weight excluding hydrogens is 236 g/mol. The Labute approximate surface area is 104 Å². The Hall–Kier alpha value is -1.75. The van der Waals surface area contributed by atoms with E-state index in [2.05, 4.69) is 0 Å². The maximum atomic E-state index is 10.7. The Kier molecular flexibility index (Phi) is 2.45. The van der Waals surface area contributed by atoms with Gasteiger partial charge in [0.25, 0.3) is 0 Å². The van der Waals surface area contributed by atoms with Crippen molar-refractivity contribution in [1.29, 1.82) is 0 Å². The number of carboxylic acids is 1. The van der Waals surface area contributed by atoms with Gasteiger partial charge in [-0.25, -0.2) is 4.79 Å². The van der Waals surface area contributed by atoms with Gasteiger partial charge in [-0.3, -0.25) is 0 Å². The van der Waals surface area contributed by atoms with Crippen molar-refractivity contribution in [1.82, 2.24) is 0 Å². The lowest BCUT2D eigenvalue weighted by Crippen LogP contribution is -2.17. The molecule has 1 atom stereocenters. The van der Waals surface area contributed by atoms with Gasteiger partial charge in [0.05, 0.1) is 13.2 Å². The minimum absolute atomic E-state index is 0.143. The molecule has 0 saturated heterocycles. The monoisotopic (exact) mass is 250 g/mol. The van der Waals surface area contributed by atoms with E-state index < -0.39 is 12.1 Å². The van der Waals surface area contributed by atoms with E-state index >= 15 is 0 Å². The molecule has 1 saturated carbocycles. The van der Waals surface area contributed by atoms with Crippen LogP contribution in [-0.4, -0.2) is 29.4 Å². The average molecular weight is 250 g/mol. The minimum atomic E-state index is -1.53. The number of aliphatic hydroxyl groups excluding tert-OH is 1. The highest BCUT2D eigenvalue weighted by atomic mass is 16.5. The fourth-order valence-corrected chi connectivity index (χ4v) is 2.04. The number of ether oxygens (including phenoxy) is 2. The van der Waals surface area contributed by atoms with Crippen LogP contribution in [0.2, 0.25) is 0 Å². The molecule has 1 heterocycles. The molecule has 5 nitrogen and oxygen atoms in total. The summed E-state index contributed by atoms with van der Waals surface area (Å²) in [6.45, 7) is 1.23. The summed E-state index contributed by atoms with van der Waals surface area (Å²) in [5.41, 5.74) is 0.446. The zero-order valence-corrected chi connectivity index (χ0v) is 9.76. The first-order valence-electron chi connectivity index (χ1n) is 5.90. The highest BCUT2D eigenvalue weighted by Crippen LogP contribution is 2.49. The van der Waals surface area contributed by atoms with Gasteiger partial charge in [0.2, 0.25) is 0 Å². The van der Waals surface area contributed by atoms with Gasteiger partial charge < -0.3 is 19.7 Å². The number of aliphatic hydroxyl groups is 1. The van der Waals surface area contributed by atoms with Crippen LogP contribution in [0.5, 0.6) is 11.5 Å². The molecule has 96 valence electrons. The maximum absolute atomic E-state index is 10.7. The number of fused-ring (bicyclic) bond motifs is 1. The van der Waals surface area contributed by atoms with Gasteiger partial charge in [0, 0.05) is 5.41 Å². The lowest BCUT2D eigenvalue weighted by atomic mass is 10.1. The number of carbonyl (C=O) groups is 1. The third-order valence-corrected chi connectivity index (χ3v) is 3.54. The summed E-state index contributed by atoms with van der Waals surface area (Å²) in [5.74, 6) is -0.153. The van der Waals surface area contributed by atoms with Gasteiger partial charge in [-0.1, -0.05) is 6.07 Å². The van der Waals surface area contributed by atoms with Crippen LogP contribution < -0.4 is 9.47 Å². The fourth-order valence-electron chi connectivity index (χ4n) is 2.04. The van der Waals surface area contributed by atoms with E-state index in [1.165, 1.54) is 6.07 Å². The van der Waals surface area contributed by atoms with Gasteiger partial charge in [-0.15, -0.1) is 0 Å². The molecule has 1 aromatic carbocycles. The number of carboxylic acid groups (broad SMARTS) is 1. The van der Waals surface area contributed by atoms with Crippen molar-refractivity contribution < 1.29 is 24.5 Å². The summed E-state index contributed by atoms with van der Waals surface area (Å²) in [6, 6.07) is 4.74. The Morgan fingerprint density at radius 1 is 1.22 bits per heavy atom. The van der Waals surface area contributed by atoms with Crippen molar-refractivity contribution in [3.05, 3.63) is 23.8 Å². The van der Waals surface area contributed by atoms with E-state index in [0.717, 1.165) is 12.8 Å². The second kappa shape index (κ2) is 3.88. The van der Waals surface area contributed by atoms with Gasteiger partial charge in [-0.05, 0) is 30.5 Å². The average Bonchev–Trinajstić information content (AvgIpc) is 3.16. The van der Waals surface area contributed by atoms with Crippen LogP contribution in [0.4, 0.5) is 0 Å². The molecule has 1 fully saturated rings. The Bertz CT molecular complexity index is 492. The van der Waals surface area contributed by atoms with Crippen LogP contribution in [0.15, 0.2) is 18.2 Å². The lowest BCUT2D eigenvalue weighted by Gasteiger charge is -2.11. The normalized spacial score (nSPS) is 21.2. The number of benzene rings is 1. The summed E-state index contributed by atoms with van der Waals surface area (Å²) in [5, 5.41) is 18.3. The number of hydrogen-bond donors (Lipinski definition) is 2. The molecule has 0 bridgehead atoms. The molecule has 1 aliphatic heterocycles. The minimum Gasteiger partial charge on any atom is -0.489 e. The van der Waals surface area contributed by atoms with E-state index in [4.69, 9.17) is 14.6 Å². The predicted molar refractivity (Wildman–Crippen MR) is 61.7 cm³/mol. The van der Waals surface area contributed by atoms with Gasteiger partial charge in [0.15, 0.2) is 17.6 Å². The van der Waals surface area contributed by atoms with Crippen LogP contribution >= 0.6 is 0 Å². The van der Waals surface area contributed by atoms with Gasteiger partial charge in [0.1, 0.15) is 0 Å². The predicted octanol–water partition coefficient (Wildman–Crippen LogP) is 1.36. The first-order valence-corrected chi connectivity index (χ1v) is 5.90. The van der Waals surface area contributed by atoms with Gasteiger partial charge in [-0.2, -0.15) is 0 Å². The summed E-state index contributed by atoms with van der Waals surface area (Å²) < 4.78 is 11.3. The molecule has 0 amide bonds. The molecule has 5 heteroatoms. The van der Waals surface area contributed by atoms with Gasteiger partial charge >= 0.3 is 5.97 Å². The van der Waals surface area contributed by atoms with Crippen molar-refractivity contribution in [2.75, 3.05) is 13.2 Å². The molecule has 3 rings (SSSR count). The number of rotatable bonds is 2. The molecule has 0 aromatic heterocycles. The topological polar surface area (TPSA) is 76.0 Å². The highest BCUT2D eigenvalue weighted by Gasteiger charge is 2.46. The first-order chi connectivity index (χ1) is 8.60. The third-order valence-electron chi connectivity index (χ3n) is 3.54. The van der Waals surface area contributed by atoms with Crippen molar-refractivity contribution >= 4 is 5.97 Å². The second-order valence-electron chi connectivity index (χ2n) is 5.02. The molecule has 18 heavy (non-hydrogen) atoms. The molecule has 1 aliphatic carbocycles. The maximum Gasteiger partial charge on any atom is 0.337 e. The number of aliphatic carboxylic acids is 1. The zero-order chi connectivity index (χ0) is 12.8. The Morgan fingerprint density at radius 3 is 2.50 bits per heavy atom. The molecule has 2 N–H and O–H groups in total. The highest BCUT2D eigenvalue weighted by molar-refractivity contribution is 5.74. The summed E-state index contributed by atoms with van der Waals surface area (Å²) >= 11 is 0. The molecular formula is C13H14O5. The fraction of sp³-hybridized carbons (Fsp3) is 0.462. The van der Waals surface area contributed by atoms with Crippen LogP contribution in [-0.2, 0) is 4.79 Å². The van der Waals surface area contributed by atoms with Crippen molar-refractivity contribution in [2.45, 2.75) is 18.9 Å². The number of hydrogen-bond acceptors (Lipinski definition) is 4. The molecule has 1 spiro atoms. The van der Waals surface area contributed by atoms with Crippen LogP contribution in [0.25, 0.3) is 0 Å². The van der Waals surface area contributed by atoms with E-state index in [9.17, 15) is 9.90 Å². The van der Waals surface area contributed by atoms with E-state index in [1.807, 2.05) is 0 Å². The van der Waals surface area contributed by atoms with Crippen molar-refractivity contribution in [3.63, 3.8) is 0 Å². The molecule has 2 aliphatic rings. The second-order valence-corrected chi connectivity index (χ2v) is 5.02. The lowest BCUT2D eigenvalue weighted by molar-refractivity contribution is -0.146. The van der Waals surface area contributed by atoms with E-state index in [0.29, 0.717) is 30.3 Å². The Balaban J connectivity index is 1.87. The SMILES string of the molecule is O=C(O)C(O)c1ccc2c(c1)OCC1(CC1)CO2. The van der Waals surface area contributed by atoms with E-state index in [1.54, 1.807) is 12.1 Å². The smallest absolute Gasteiger partial charge is 0.337 e. The van der Waals surface area contributed by atoms with Crippen molar-refractivity contribution in [3.8, 4) is 11.5 Å². The standard InChI is InChI=1S/C13H14O5/c14-11(12(15)16)8-1-2-9-10(5-8)18-7-13(3-4-13)6-17-9/h1-2,5,11,14H,3-4,6-7H2,(H,15,16). The van der Waals surface area contributed by atoms with Crippen molar-refractivity contribution in [2.24, 2.45) is 5.41 Å². The largest absolute Gasteiger partial charge is 0.489 e. The summed E-state index contributed by atoms with van der Waals surface area (Å²) in [4.78, 5) is 10.7. The molecule has 1 unspecified atom stereocenters. The van der Waals surface area contributed by atoms with E-state index in [-0.39, 0.29) is 5.41 Å². The van der Waals surface area contributed by atoms with Crippen LogP contribution in [0, 0.1) is 5.41 Å². The summed E-state index contributed by atoms with van der Waals surface area (Å²) in [6.07, 6.45) is 0.675. The third kappa shape index (κ3) is 1.90. The van der Waals surface area contributed by atoms with Crippen LogP contribution in [0.1, 0.15) is 24.5 Å². The Morgan fingerprint density at radius 2 is 1.89 bits per heavy atom. The van der Waals surface area contributed by atoms with Crippen LogP contribution in [0.3, 0.4) is 0 Å². The first kappa shape index (κ1) is 11.3. The zero-order valence-electron chi connectivity index (χ0n) is 9.76. The molecule has 1 aromatic rings. The quantitative estimate of drug-likeness (QED) is 0.828.